The van der Waals surface area contributed by atoms with Crippen molar-refractivity contribution < 1.29 is 13.9 Å². The van der Waals surface area contributed by atoms with E-state index in [1.54, 1.807) is 0 Å². The molecular weight excluding hydrogens is 430 g/mol. The van der Waals surface area contributed by atoms with E-state index in [9.17, 15) is 4.79 Å². The molecule has 2 aromatic rings. The van der Waals surface area contributed by atoms with Crippen LogP contribution in [-0.4, -0.2) is 76.8 Å². The van der Waals surface area contributed by atoms with E-state index >= 15 is 0 Å². The highest BCUT2D eigenvalue weighted by Gasteiger charge is 2.29. The van der Waals surface area contributed by atoms with Crippen molar-refractivity contribution in [1.82, 2.24) is 19.8 Å². The Bertz CT molecular complexity index is 978. The van der Waals surface area contributed by atoms with Crippen LogP contribution in [0.25, 0.3) is 11.2 Å². The zero-order chi connectivity index (χ0) is 23.7. The summed E-state index contributed by atoms with van der Waals surface area (Å²) < 4.78 is 11.7. The molecular formula is C26H39N5O3. The standard InChI is InChI=1S/C26H39N5O3/c1-26(2,3)34-25(32)31-13-7-19(8-14-31)20-17-22-23(27-18-20)28-24(33-22)30-15-9-21(10-16-30)29-11-5-4-6-12-29/h17-19,21H,4-16H2,1-3H3. The summed E-state index contributed by atoms with van der Waals surface area (Å²) in [6.07, 6.45) is 9.94. The Balaban J connectivity index is 1.18. The van der Waals surface area contributed by atoms with Crippen LogP contribution in [0.5, 0.6) is 0 Å². The zero-order valence-corrected chi connectivity index (χ0v) is 21.0. The van der Waals surface area contributed by atoms with Gasteiger partial charge in [0.15, 0.2) is 5.58 Å². The SMILES string of the molecule is CC(C)(C)OC(=O)N1CCC(c2cnc3nc(N4CCC(N5CCCCC5)CC4)oc3c2)CC1. The van der Waals surface area contributed by atoms with Crippen molar-refractivity contribution in [3.05, 3.63) is 17.8 Å². The first kappa shape index (κ1) is 23.4. The largest absolute Gasteiger partial charge is 0.444 e. The van der Waals surface area contributed by atoms with Crippen molar-refractivity contribution in [2.75, 3.05) is 44.2 Å². The zero-order valence-electron chi connectivity index (χ0n) is 21.0. The van der Waals surface area contributed by atoms with Gasteiger partial charge in [0.25, 0.3) is 6.01 Å². The lowest BCUT2D eigenvalue weighted by Crippen LogP contribution is -2.46. The number of carbonyl (C=O) groups excluding carboxylic acids is 1. The van der Waals surface area contributed by atoms with Gasteiger partial charge in [-0.25, -0.2) is 9.78 Å². The summed E-state index contributed by atoms with van der Waals surface area (Å²) in [5, 5.41) is 0. The fraction of sp³-hybridized carbons (Fsp3) is 0.731. The topological polar surface area (TPSA) is 74.9 Å². The van der Waals surface area contributed by atoms with Crippen molar-refractivity contribution in [2.45, 2.75) is 83.3 Å². The molecule has 8 nitrogen and oxygen atoms in total. The number of piperidine rings is 3. The number of hydrogen-bond acceptors (Lipinski definition) is 7. The highest BCUT2D eigenvalue weighted by molar-refractivity contribution is 5.71. The summed E-state index contributed by atoms with van der Waals surface area (Å²) in [6.45, 7) is 11.6. The second kappa shape index (κ2) is 9.72. The molecule has 0 atom stereocenters. The molecule has 2 aromatic heterocycles. The molecule has 8 heteroatoms. The van der Waals surface area contributed by atoms with Crippen LogP contribution in [0.3, 0.4) is 0 Å². The van der Waals surface area contributed by atoms with E-state index in [-0.39, 0.29) is 6.09 Å². The Morgan fingerprint density at radius 2 is 1.71 bits per heavy atom. The average molecular weight is 470 g/mol. The van der Waals surface area contributed by atoms with Crippen LogP contribution in [0.1, 0.15) is 77.2 Å². The first-order valence-corrected chi connectivity index (χ1v) is 13.1. The fourth-order valence-electron chi connectivity index (χ4n) is 5.61. The molecule has 5 heterocycles. The number of fused-ring (bicyclic) bond motifs is 1. The third kappa shape index (κ3) is 5.32. The molecule has 3 aliphatic rings. The van der Waals surface area contributed by atoms with E-state index in [1.807, 2.05) is 31.9 Å². The summed E-state index contributed by atoms with van der Waals surface area (Å²) in [5.41, 5.74) is 2.15. The van der Waals surface area contributed by atoms with E-state index < -0.39 is 5.60 Å². The third-order valence-electron chi connectivity index (χ3n) is 7.52. The van der Waals surface area contributed by atoms with Gasteiger partial charge in [0, 0.05) is 38.4 Å². The lowest BCUT2D eigenvalue weighted by molar-refractivity contribution is 0.0205. The van der Waals surface area contributed by atoms with Gasteiger partial charge in [-0.05, 0) is 89.9 Å². The Kier molecular flexibility index (Phi) is 6.69. The minimum absolute atomic E-state index is 0.219. The van der Waals surface area contributed by atoms with Crippen molar-refractivity contribution in [3.63, 3.8) is 0 Å². The number of pyridine rings is 1. The van der Waals surface area contributed by atoms with E-state index in [4.69, 9.17) is 14.1 Å². The third-order valence-corrected chi connectivity index (χ3v) is 7.52. The van der Waals surface area contributed by atoms with Crippen LogP contribution in [0.15, 0.2) is 16.7 Å². The van der Waals surface area contributed by atoms with E-state index in [2.05, 4.69) is 20.9 Å². The second-order valence-corrected chi connectivity index (χ2v) is 11.1. The molecule has 1 amide bonds. The van der Waals surface area contributed by atoms with Gasteiger partial charge in [0.05, 0.1) is 0 Å². The Labute approximate surface area is 202 Å². The highest BCUT2D eigenvalue weighted by Crippen LogP contribution is 2.32. The van der Waals surface area contributed by atoms with Crippen LogP contribution < -0.4 is 4.90 Å². The maximum absolute atomic E-state index is 12.4. The van der Waals surface area contributed by atoms with Gasteiger partial charge in [-0.15, -0.1) is 0 Å². The lowest BCUT2D eigenvalue weighted by atomic mass is 9.90. The summed E-state index contributed by atoms with van der Waals surface area (Å²) in [6, 6.07) is 3.52. The van der Waals surface area contributed by atoms with Gasteiger partial charge in [-0.3, -0.25) is 0 Å². The molecule has 3 aliphatic heterocycles. The van der Waals surface area contributed by atoms with Crippen LogP contribution in [-0.2, 0) is 4.74 Å². The van der Waals surface area contributed by atoms with Crippen LogP contribution >= 0.6 is 0 Å². The molecule has 0 N–H and O–H groups in total. The quantitative estimate of drug-likeness (QED) is 0.640. The van der Waals surface area contributed by atoms with Crippen LogP contribution in [0.2, 0.25) is 0 Å². The number of aromatic nitrogens is 2. The van der Waals surface area contributed by atoms with Gasteiger partial charge in [0.2, 0.25) is 5.65 Å². The monoisotopic (exact) mass is 469 g/mol. The van der Waals surface area contributed by atoms with E-state index in [0.717, 1.165) is 31.5 Å². The minimum Gasteiger partial charge on any atom is -0.444 e. The fourth-order valence-corrected chi connectivity index (χ4v) is 5.61. The summed E-state index contributed by atoms with van der Waals surface area (Å²) in [5.74, 6) is 0.365. The lowest BCUT2D eigenvalue weighted by Gasteiger charge is -2.39. The van der Waals surface area contributed by atoms with Crippen molar-refractivity contribution in [3.8, 4) is 0 Å². The number of oxazole rings is 1. The maximum atomic E-state index is 12.4. The van der Waals surface area contributed by atoms with Crippen molar-refractivity contribution in [1.29, 1.82) is 0 Å². The van der Waals surface area contributed by atoms with Gasteiger partial charge in [-0.1, -0.05) is 6.42 Å². The number of carbonyl (C=O) groups is 1. The predicted molar refractivity (Wildman–Crippen MR) is 132 cm³/mol. The molecule has 0 radical (unpaired) electrons. The van der Waals surface area contributed by atoms with Gasteiger partial charge in [0.1, 0.15) is 5.60 Å². The number of amides is 1. The van der Waals surface area contributed by atoms with Gasteiger partial charge < -0.3 is 23.9 Å². The molecule has 186 valence electrons. The smallest absolute Gasteiger partial charge is 0.410 e. The van der Waals surface area contributed by atoms with E-state index in [0.29, 0.717) is 36.7 Å². The molecule has 0 spiro atoms. The normalized spacial score (nSPS) is 21.9. The number of nitrogens with zero attached hydrogens (tertiary/aromatic N) is 5. The predicted octanol–water partition coefficient (Wildman–Crippen LogP) is 4.79. The molecule has 0 aromatic carbocycles. The number of hydrogen-bond donors (Lipinski definition) is 0. The highest BCUT2D eigenvalue weighted by atomic mass is 16.6. The average Bonchev–Trinajstić information content (AvgIpc) is 3.27. The number of likely N-dealkylation sites (tertiary alicyclic amines) is 2. The molecule has 0 aliphatic carbocycles. The Morgan fingerprint density at radius 3 is 2.38 bits per heavy atom. The maximum Gasteiger partial charge on any atom is 0.410 e. The molecule has 5 rings (SSSR count). The van der Waals surface area contributed by atoms with Gasteiger partial charge in [-0.2, -0.15) is 4.98 Å². The summed E-state index contributed by atoms with van der Waals surface area (Å²) in [4.78, 5) is 28.4. The summed E-state index contributed by atoms with van der Waals surface area (Å²) in [7, 11) is 0. The summed E-state index contributed by atoms with van der Waals surface area (Å²) >= 11 is 0. The van der Waals surface area contributed by atoms with E-state index in [1.165, 1.54) is 50.8 Å². The van der Waals surface area contributed by atoms with Crippen LogP contribution in [0.4, 0.5) is 10.8 Å². The Morgan fingerprint density at radius 1 is 1.00 bits per heavy atom. The molecule has 0 unspecified atom stereocenters. The molecule has 34 heavy (non-hydrogen) atoms. The molecule has 3 fully saturated rings. The number of ether oxygens (including phenoxy) is 1. The molecule has 0 saturated carbocycles. The van der Waals surface area contributed by atoms with Crippen molar-refractivity contribution in [2.24, 2.45) is 0 Å². The second-order valence-electron chi connectivity index (χ2n) is 11.1. The first-order valence-electron chi connectivity index (χ1n) is 13.1. The van der Waals surface area contributed by atoms with Crippen molar-refractivity contribution >= 4 is 23.3 Å². The minimum atomic E-state index is -0.463. The first-order chi connectivity index (χ1) is 16.4. The van der Waals surface area contributed by atoms with Crippen LogP contribution in [0, 0.1) is 0 Å². The number of anilines is 1. The number of rotatable bonds is 3. The van der Waals surface area contributed by atoms with Gasteiger partial charge >= 0.3 is 6.09 Å². The Hall–Kier alpha value is -2.35. The molecule has 0 bridgehead atoms. The molecule has 3 saturated heterocycles.